The van der Waals surface area contributed by atoms with Gasteiger partial charge in [0.05, 0.1) is 12.2 Å². The van der Waals surface area contributed by atoms with Gasteiger partial charge in [-0.3, -0.25) is 14.5 Å². The second-order valence-electron chi connectivity index (χ2n) is 7.41. The summed E-state index contributed by atoms with van der Waals surface area (Å²) in [6.07, 6.45) is 0. The molecule has 2 aromatic carbocycles. The van der Waals surface area contributed by atoms with Crippen LogP contribution >= 0.6 is 0 Å². The molecular weight excluding hydrogens is 400 g/mol. The SMILES string of the molecule is CC(=O)c1cc2c(cc1NC(=O)CN1CCN(C(=O)Nc3ccccc3)CC1)OCO2. The number of Topliss-reactive ketones (excluding diaryl/α,β-unsaturated/α-hetero) is 1. The molecular formula is C22H24N4O5. The van der Waals surface area contributed by atoms with Gasteiger partial charge in [-0.25, -0.2) is 4.79 Å². The summed E-state index contributed by atoms with van der Waals surface area (Å²) in [5.41, 5.74) is 1.53. The third-order valence-corrected chi connectivity index (χ3v) is 5.22. The van der Waals surface area contributed by atoms with Crippen LogP contribution in [0.25, 0.3) is 0 Å². The minimum Gasteiger partial charge on any atom is -0.454 e. The number of para-hydroxylation sites is 1. The summed E-state index contributed by atoms with van der Waals surface area (Å²) >= 11 is 0. The van der Waals surface area contributed by atoms with Crippen molar-refractivity contribution in [1.29, 1.82) is 0 Å². The molecule has 9 nitrogen and oxygen atoms in total. The van der Waals surface area contributed by atoms with E-state index in [0.717, 1.165) is 5.69 Å². The van der Waals surface area contributed by atoms with E-state index in [4.69, 9.17) is 9.47 Å². The van der Waals surface area contributed by atoms with Crippen molar-refractivity contribution >= 4 is 29.1 Å². The van der Waals surface area contributed by atoms with E-state index in [-0.39, 0.29) is 31.1 Å². The van der Waals surface area contributed by atoms with Crippen LogP contribution in [0.5, 0.6) is 11.5 Å². The highest BCUT2D eigenvalue weighted by atomic mass is 16.7. The van der Waals surface area contributed by atoms with E-state index >= 15 is 0 Å². The molecule has 0 radical (unpaired) electrons. The molecule has 31 heavy (non-hydrogen) atoms. The molecule has 3 amide bonds. The van der Waals surface area contributed by atoms with Crippen molar-refractivity contribution in [3.05, 3.63) is 48.0 Å². The Morgan fingerprint density at radius 1 is 0.935 bits per heavy atom. The fraction of sp³-hybridized carbons (Fsp3) is 0.318. The van der Waals surface area contributed by atoms with E-state index in [1.165, 1.54) is 6.92 Å². The predicted molar refractivity (Wildman–Crippen MR) is 115 cm³/mol. The molecule has 0 unspecified atom stereocenters. The van der Waals surface area contributed by atoms with Crippen LogP contribution in [0.2, 0.25) is 0 Å². The zero-order chi connectivity index (χ0) is 21.8. The number of fused-ring (bicyclic) bond motifs is 1. The van der Waals surface area contributed by atoms with E-state index in [1.807, 2.05) is 35.2 Å². The van der Waals surface area contributed by atoms with Crippen LogP contribution in [0.15, 0.2) is 42.5 Å². The van der Waals surface area contributed by atoms with Crippen LogP contribution in [-0.2, 0) is 4.79 Å². The maximum Gasteiger partial charge on any atom is 0.321 e. The first kappa shape index (κ1) is 20.7. The highest BCUT2D eigenvalue weighted by molar-refractivity contribution is 6.05. The molecule has 0 bridgehead atoms. The molecule has 2 aromatic rings. The van der Waals surface area contributed by atoms with Gasteiger partial charge < -0.3 is 25.0 Å². The Kier molecular flexibility index (Phi) is 6.03. The van der Waals surface area contributed by atoms with Crippen molar-refractivity contribution < 1.29 is 23.9 Å². The van der Waals surface area contributed by atoms with Crippen LogP contribution in [0, 0.1) is 0 Å². The molecule has 0 atom stereocenters. The van der Waals surface area contributed by atoms with Gasteiger partial charge in [0.1, 0.15) is 0 Å². The first-order chi connectivity index (χ1) is 15.0. The van der Waals surface area contributed by atoms with Gasteiger partial charge in [-0.2, -0.15) is 0 Å². The van der Waals surface area contributed by atoms with Crippen LogP contribution in [0.1, 0.15) is 17.3 Å². The molecule has 2 aliphatic rings. The molecule has 0 aromatic heterocycles. The molecule has 2 aliphatic heterocycles. The number of nitrogens with one attached hydrogen (secondary N) is 2. The largest absolute Gasteiger partial charge is 0.454 e. The summed E-state index contributed by atoms with van der Waals surface area (Å²) in [6.45, 7) is 3.90. The van der Waals surface area contributed by atoms with Crippen LogP contribution in [0.4, 0.5) is 16.2 Å². The van der Waals surface area contributed by atoms with E-state index in [2.05, 4.69) is 10.6 Å². The summed E-state index contributed by atoms with van der Waals surface area (Å²) in [7, 11) is 0. The van der Waals surface area contributed by atoms with Crippen molar-refractivity contribution in [2.75, 3.05) is 50.2 Å². The maximum absolute atomic E-state index is 12.6. The summed E-state index contributed by atoms with van der Waals surface area (Å²) in [5, 5.41) is 5.68. The Labute approximate surface area is 179 Å². The first-order valence-electron chi connectivity index (χ1n) is 10.1. The van der Waals surface area contributed by atoms with Crippen molar-refractivity contribution in [3.63, 3.8) is 0 Å². The summed E-state index contributed by atoms with van der Waals surface area (Å²) in [4.78, 5) is 40.6. The van der Waals surface area contributed by atoms with E-state index in [9.17, 15) is 14.4 Å². The van der Waals surface area contributed by atoms with Crippen LogP contribution in [0.3, 0.4) is 0 Å². The van der Waals surface area contributed by atoms with Gasteiger partial charge in [-0.1, -0.05) is 18.2 Å². The normalized spacial score (nSPS) is 15.5. The minimum atomic E-state index is -0.233. The van der Waals surface area contributed by atoms with Crippen molar-refractivity contribution in [2.45, 2.75) is 6.92 Å². The molecule has 4 rings (SSSR count). The third-order valence-electron chi connectivity index (χ3n) is 5.22. The Morgan fingerprint density at radius 3 is 2.29 bits per heavy atom. The van der Waals surface area contributed by atoms with E-state index in [1.54, 1.807) is 17.0 Å². The molecule has 1 saturated heterocycles. The molecule has 0 spiro atoms. The smallest absolute Gasteiger partial charge is 0.321 e. The predicted octanol–water partition coefficient (Wildman–Crippen LogP) is 2.41. The molecule has 2 N–H and O–H groups in total. The second kappa shape index (κ2) is 9.05. The Hall–Kier alpha value is -3.59. The fourth-order valence-corrected chi connectivity index (χ4v) is 3.56. The van der Waals surface area contributed by atoms with Crippen molar-refractivity contribution in [3.8, 4) is 11.5 Å². The number of amides is 3. The molecule has 2 heterocycles. The van der Waals surface area contributed by atoms with Gasteiger partial charge in [0.25, 0.3) is 0 Å². The zero-order valence-electron chi connectivity index (χ0n) is 17.2. The third kappa shape index (κ3) is 4.95. The molecule has 9 heteroatoms. The lowest BCUT2D eigenvalue weighted by Gasteiger charge is -2.34. The summed E-state index contributed by atoms with van der Waals surface area (Å²) in [6, 6.07) is 12.3. The Bertz CT molecular complexity index is 987. The number of benzene rings is 2. The topological polar surface area (TPSA) is 100 Å². The van der Waals surface area contributed by atoms with Gasteiger partial charge >= 0.3 is 6.03 Å². The standard InChI is InChI=1S/C22H24N4O5/c1-15(27)17-11-19-20(31-14-30-19)12-18(17)24-21(28)13-25-7-9-26(10-8-25)22(29)23-16-5-3-2-4-6-16/h2-6,11-12H,7-10,13-14H2,1H3,(H,23,29)(H,24,28). The van der Waals surface area contributed by atoms with E-state index in [0.29, 0.717) is 48.9 Å². The van der Waals surface area contributed by atoms with E-state index < -0.39 is 0 Å². The van der Waals surface area contributed by atoms with Gasteiger partial charge in [0.2, 0.25) is 12.7 Å². The number of carbonyl (C=O) groups excluding carboxylic acids is 3. The minimum absolute atomic E-state index is 0.0895. The number of ether oxygens (including phenoxy) is 2. The van der Waals surface area contributed by atoms with Crippen molar-refractivity contribution in [2.24, 2.45) is 0 Å². The highest BCUT2D eigenvalue weighted by Gasteiger charge is 2.24. The van der Waals surface area contributed by atoms with Gasteiger partial charge in [0, 0.05) is 43.5 Å². The number of hydrogen-bond donors (Lipinski definition) is 2. The quantitative estimate of drug-likeness (QED) is 0.715. The number of rotatable bonds is 5. The number of carbonyl (C=O) groups is 3. The molecule has 1 fully saturated rings. The van der Waals surface area contributed by atoms with Crippen LogP contribution < -0.4 is 20.1 Å². The molecule has 162 valence electrons. The maximum atomic E-state index is 12.6. The zero-order valence-corrected chi connectivity index (χ0v) is 17.2. The fourth-order valence-electron chi connectivity index (χ4n) is 3.56. The second-order valence-corrected chi connectivity index (χ2v) is 7.41. The lowest BCUT2D eigenvalue weighted by Crippen LogP contribution is -2.51. The lowest BCUT2D eigenvalue weighted by molar-refractivity contribution is -0.117. The number of piperazine rings is 1. The van der Waals surface area contributed by atoms with Gasteiger partial charge in [0.15, 0.2) is 17.3 Å². The summed E-state index contributed by atoms with van der Waals surface area (Å²) < 4.78 is 10.6. The summed E-state index contributed by atoms with van der Waals surface area (Å²) in [5.74, 6) is 0.585. The number of hydrogen-bond acceptors (Lipinski definition) is 6. The number of nitrogens with zero attached hydrogens (tertiary/aromatic N) is 2. The van der Waals surface area contributed by atoms with Gasteiger partial charge in [-0.05, 0) is 25.1 Å². The molecule has 0 aliphatic carbocycles. The average molecular weight is 424 g/mol. The Morgan fingerprint density at radius 2 is 1.61 bits per heavy atom. The molecule has 0 saturated carbocycles. The van der Waals surface area contributed by atoms with Crippen LogP contribution in [-0.4, -0.2) is 67.0 Å². The monoisotopic (exact) mass is 424 g/mol. The number of urea groups is 1. The number of anilines is 2. The lowest BCUT2D eigenvalue weighted by atomic mass is 10.1. The average Bonchev–Trinajstić information content (AvgIpc) is 3.21. The van der Waals surface area contributed by atoms with Gasteiger partial charge in [-0.15, -0.1) is 0 Å². The Balaban J connectivity index is 1.30. The highest BCUT2D eigenvalue weighted by Crippen LogP contribution is 2.37. The van der Waals surface area contributed by atoms with Crippen molar-refractivity contribution in [1.82, 2.24) is 9.80 Å². The number of ketones is 1. The first-order valence-corrected chi connectivity index (χ1v) is 10.1.